The minimum atomic E-state index is -5.90. The van der Waals surface area contributed by atoms with Gasteiger partial charge in [0.1, 0.15) is 0 Å². The number of anilines is 2. The molecule has 0 bridgehead atoms. The van der Waals surface area contributed by atoms with E-state index in [-0.39, 0.29) is 74.9 Å². The molecular weight excluding hydrogens is 830 g/mol. The Kier molecular flexibility index (Phi) is 13.7. The first-order chi connectivity index (χ1) is 28.0. The average Bonchev–Trinajstić information content (AvgIpc) is 3.16. The maximum Gasteiger partial charge on any atom is 0.434 e. The summed E-state index contributed by atoms with van der Waals surface area (Å²) in [7, 11) is 0. The van der Waals surface area contributed by atoms with Crippen molar-refractivity contribution in [2.45, 2.75) is 76.3 Å². The van der Waals surface area contributed by atoms with Crippen LogP contribution < -0.4 is 9.80 Å². The normalized spacial score (nSPS) is 24.6. The predicted octanol–water partition coefficient (Wildman–Crippen LogP) is 8.06. The van der Waals surface area contributed by atoms with Gasteiger partial charge in [0, 0.05) is 82.9 Å². The molecule has 4 aliphatic rings. The van der Waals surface area contributed by atoms with Gasteiger partial charge in [0.25, 0.3) is 6.10 Å². The highest BCUT2D eigenvalue weighted by atomic mass is 19.4. The maximum atomic E-state index is 14.5. The third-order valence-corrected chi connectivity index (χ3v) is 11.7. The zero-order valence-corrected chi connectivity index (χ0v) is 32.9. The summed E-state index contributed by atoms with van der Waals surface area (Å²) in [5, 5.41) is 0. The summed E-state index contributed by atoms with van der Waals surface area (Å²) in [5.74, 6) is -0.0128. The van der Waals surface area contributed by atoms with E-state index in [0.29, 0.717) is 68.6 Å². The molecule has 0 aliphatic carbocycles. The molecule has 2 aromatic carbocycles. The van der Waals surface area contributed by atoms with Gasteiger partial charge in [-0.25, -0.2) is 4.79 Å². The van der Waals surface area contributed by atoms with Gasteiger partial charge < -0.3 is 28.9 Å². The number of carbonyl (C=O) groups excluding carboxylic acids is 1. The van der Waals surface area contributed by atoms with Crippen molar-refractivity contribution < 1.29 is 71.7 Å². The Balaban J connectivity index is 1.07. The predicted molar refractivity (Wildman–Crippen MR) is 194 cm³/mol. The minimum Gasteiger partial charge on any atom is -0.426 e. The summed E-state index contributed by atoms with van der Waals surface area (Å²) in [6.07, 6.45) is -27.0. The van der Waals surface area contributed by atoms with Crippen LogP contribution in [0, 0.1) is 11.8 Å². The van der Waals surface area contributed by atoms with Gasteiger partial charge >= 0.3 is 30.8 Å². The minimum absolute atomic E-state index is 0.000748. The number of halogens is 12. The molecule has 4 atom stereocenters. The first-order valence-electron chi connectivity index (χ1n) is 19.6. The second-order valence-corrected chi connectivity index (χ2v) is 15.9. The summed E-state index contributed by atoms with van der Waals surface area (Å²) < 4.78 is 179. The zero-order chi connectivity index (χ0) is 43.8. The summed E-state index contributed by atoms with van der Waals surface area (Å²) in [6, 6.07) is 7.39. The summed E-state index contributed by atoms with van der Waals surface area (Å²) in [4.78, 5) is 20.2. The molecule has 336 valence electrons. The van der Waals surface area contributed by atoms with Crippen LogP contribution in [0.3, 0.4) is 0 Å². The van der Waals surface area contributed by atoms with Gasteiger partial charge in [0.15, 0.2) is 0 Å². The molecule has 21 heteroatoms. The lowest BCUT2D eigenvalue weighted by atomic mass is 9.81. The second-order valence-electron chi connectivity index (χ2n) is 15.9. The molecule has 0 saturated carbocycles. The van der Waals surface area contributed by atoms with Gasteiger partial charge in [-0.1, -0.05) is 19.1 Å². The lowest BCUT2D eigenvalue weighted by Crippen LogP contribution is -2.56. The molecular formula is C39H47F12N5O4. The van der Waals surface area contributed by atoms with E-state index >= 15 is 0 Å². The fraction of sp³-hybridized carbons (Fsp3) is 0.667. The molecule has 4 heterocycles. The van der Waals surface area contributed by atoms with Gasteiger partial charge in [0.05, 0.1) is 37.1 Å². The smallest absolute Gasteiger partial charge is 0.426 e. The number of nitrogens with zero attached hydrogens (tertiary/aromatic N) is 5. The van der Waals surface area contributed by atoms with Gasteiger partial charge in [-0.05, 0) is 67.1 Å². The Labute approximate surface area is 339 Å². The van der Waals surface area contributed by atoms with Crippen molar-refractivity contribution in [3.8, 4) is 0 Å². The number of ether oxygens (including phenoxy) is 3. The fourth-order valence-corrected chi connectivity index (χ4v) is 8.68. The van der Waals surface area contributed by atoms with E-state index < -0.39 is 54.1 Å². The molecule has 9 nitrogen and oxygen atoms in total. The third-order valence-electron chi connectivity index (χ3n) is 11.7. The monoisotopic (exact) mass is 877 g/mol. The van der Waals surface area contributed by atoms with E-state index in [4.69, 9.17) is 9.47 Å². The SMILES string of the molecule is CC1CN(Cc2ccc(N3CCOCC3)cc2C(F)(F)F)CCC1C1CN(c2ccc(CN3CCN(C(=O)OC(C(F)(F)F)C(F)(F)F)C(C)C3)c(C(F)(F)F)c2)CCO1. The Morgan fingerprint density at radius 1 is 0.683 bits per heavy atom. The largest absolute Gasteiger partial charge is 0.434 e. The number of hydrogen-bond acceptors (Lipinski definition) is 8. The van der Waals surface area contributed by atoms with Crippen LogP contribution in [0.2, 0.25) is 0 Å². The summed E-state index contributed by atoms with van der Waals surface area (Å²) >= 11 is 0. The number of piperidine rings is 1. The first kappa shape index (κ1) is 45.8. The van der Waals surface area contributed by atoms with Crippen LogP contribution in [0.5, 0.6) is 0 Å². The Morgan fingerprint density at radius 3 is 1.73 bits per heavy atom. The number of benzene rings is 2. The molecule has 0 spiro atoms. The molecule has 4 fully saturated rings. The molecule has 2 aromatic rings. The van der Waals surface area contributed by atoms with Crippen molar-refractivity contribution in [3.05, 3.63) is 58.7 Å². The van der Waals surface area contributed by atoms with E-state index in [9.17, 15) is 57.5 Å². The molecule has 4 unspecified atom stereocenters. The van der Waals surface area contributed by atoms with Crippen LogP contribution in [0.15, 0.2) is 36.4 Å². The molecule has 0 radical (unpaired) electrons. The van der Waals surface area contributed by atoms with Crippen LogP contribution in [-0.4, -0.2) is 130 Å². The molecule has 4 aliphatic heterocycles. The quantitative estimate of drug-likeness (QED) is 0.247. The van der Waals surface area contributed by atoms with Crippen molar-refractivity contribution in [1.29, 1.82) is 0 Å². The fourth-order valence-electron chi connectivity index (χ4n) is 8.68. The van der Waals surface area contributed by atoms with Crippen LogP contribution in [0.4, 0.5) is 68.9 Å². The molecule has 1 amide bonds. The summed E-state index contributed by atoms with van der Waals surface area (Å²) in [6.45, 7) is 6.20. The van der Waals surface area contributed by atoms with Crippen LogP contribution in [-0.2, 0) is 39.7 Å². The number of morpholine rings is 2. The number of carbonyl (C=O) groups is 1. The van der Waals surface area contributed by atoms with Crippen molar-refractivity contribution in [1.82, 2.24) is 14.7 Å². The Morgan fingerprint density at radius 2 is 1.22 bits per heavy atom. The second kappa shape index (κ2) is 18.0. The topological polar surface area (TPSA) is 61.0 Å². The lowest BCUT2D eigenvalue weighted by molar-refractivity contribution is -0.308. The van der Waals surface area contributed by atoms with E-state index in [0.717, 1.165) is 6.07 Å². The molecule has 0 N–H and O–H groups in total. The standard InChI is InChI=1S/C39H47F12N5O4/c1-24-19-52(21-26-3-5-28(17-31(26)36(40,41)42)54-11-14-58-15-12-54)8-7-30(24)33-23-55(13-16-59-33)29-6-4-27(32(18-29)37(43,44)45)22-53-9-10-56(25(2)20-53)35(57)60-34(38(46,47)48)39(49,50)51/h3-6,17-18,24-25,30,33-34H,7-16,19-23H2,1-2H3. The number of hydrogen-bond donors (Lipinski definition) is 0. The van der Waals surface area contributed by atoms with Crippen molar-refractivity contribution in [2.24, 2.45) is 11.8 Å². The van der Waals surface area contributed by atoms with Crippen molar-refractivity contribution in [2.75, 3.05) is 88.5 Å². The maximum absolute atomic E-state index is 14.5. The highest BCUT2D eigenvalue weighted by molar-refractivity contribution is 5.68. The number of piperazine rings is 1. The number of amides is 1. The van der Waals surface area contributed by atoms with Gasteiger partial charge in [0.2, 0.25) is 0 Å². The Bertz CT molecular complexity index is 1770. The van der Waals surface area contributed by atoms with Crippen LogP contribution in [0.25, 0.3) is 0 Å². The average molecular weight is 878 g/mol. The zero-order valence-electron chi connectivity index (χ0n) is 32.9. The number of alkyl halides is 12. The van der Waals surface area contributed by atoms with Gasteiger partial charge in [-0.2, -0.15) is 52.7 Å². The summed E-state index contributed by atoms with van der Waals surface area (Å²) in [5.41, 5.74) is -0.737. The van der Waals surface area contributed by atoms with E-state index in [2.05, 4.69) is 4.74 Å². The van der Waals surface area contributed by atoms with Crippen LogP contribution in [0.1, 0.15) is 42.5 Å². The molecule has 6 rings (SSSR count). The molecule has 0 aromatic heterocycles. The Hall–Kier alpha value is -3.69. The molecule has 4 saturated heterocycles. The third kappa shape index (κ3) is 11.0. The van der Waals surface area contributed by atoms with Gasteiger partial charge in [-0.3, -0.25) is 9.80 Å². The highest BCUT2D eigenvalue weighted by Gasteiger charge is 2.60. The first-order valence-corrected chi connectivity index (χ1v) is 19.6. The number of rotatable bonds is 8. The van der Waals surface area contributed by atoms with Crippen molar-refractivity contribution >= 4 is 17.5 Å². The van der Waals surface area contributed by atoms with Crippen LogP contribution >= 0.6 is 0 Å². The highest BCUT2D eigenvalue weighted by Crippen LogP contribution is 2.40. The van der Waals surface area contributed by atoms with E-state index in [1.54, 1.807) is 17.0 Å². The number of likely N-dealkylation sites (tertiary alicyclic amines) is 1. The van der Waals surface area contributed by atoms with E-state index in [1.807, 2.05) is 16.7 Å². The lowest BCUT2D eigenvalue weighted by Gasteiger charge is -2.44. The van der Waals surface area contributed by atoms with Crippen molar-refractivity contribution in [3.63, 3.8) is 0 Å². The van der Waals surface area contributed by atoms with E-state index in [1.165, 1.54) is 30.0 Å². The molecule has 60 heavy (non-hydrogen) atoms. The van der Waals surface area contributed by atoms with Gasteiger partial charge in [-0.15, -0.1) is 0 Å².